The molecule has 1 unspecified atom stereocenters. The topological polar surface area (TPSA) is 32.3 Å². The second-order valence-electron chi connectivity index (χ2n) is 4.09. The van der Waals surface area contributed by atoms with Crippen molar-refractivity contribution in [2.24, 2.45) is 0 Å². The molecule has 0 bridgehead atoms. The van der Waals surface area contributed by atoms with Gasteiger partial charge in [-0.2, -0.15) is 0 Å². The van der Waals surface area contributed by atoms with Crippen molar-refractivity contribution in [1.82, 2.24) is 5.32 Å². The van der Waals surface area contributed by atoms with Gasteiger partial charge in [0.2, 0.25) is 0 Å². The van der Waals surface area contributed by atoms with Crippen LogP contribution in [-0.4, -0.2) is 12.2 Å². The van der Waals surface area contributed by atoms with E-state index in [0.717, 1.165) is 17.7 Å². The van der Waals surface area contributed by atoms with Crippen LogP contribution in [-0.2, 0) is 6.54 Å². The molecule has 0 radical (unpaired) electrons. The van der Waals surface area contributed by atoms with Gasteiger partial charge in [0.25, 0.3) is 0 Å². The van der Waals surface area contributed by atoms with Crippen LogP contribution in [0.4, 0.5) is 0 Å². The molecule has 0 aliphatic heterocycles. The summed E-state index contributed by atoms with van der Waals surface area (Å²) < 4.78 is 0. The summed E-state index contributed by atoms with van der Waals surface area (Å²) in [5.41, 5.74) is 3.07. The maximum Gasteiger partial charge on any atom is 0.104 e. The van der Waals surface area contributed by atoms with Crippen LogP contribution >= 0.6 is 0 Å². The van der Waals surface area contributed by atoms with E-state index in [0.29, 0.717) is 0 Å². The molecule has 17 heavy (non-hydrogen) atoms. The standard InChI is InChI=1S/C15H17NO/c1-16-11-12-7-9-14(10-8-12)15(17)13-5-3-2-4-6-13/h2-10,15-17H,11H2,1H3. The molecule has 0 saturated heterocycles. The van der Waals surface area contributed by atoms with Crippen LogP contribution in [0.15, 0.2) is 54.6 Å². The Morgan fingerprint density at radius 2 is 1.53 bits per heavy atom. The smallest absolute Gasteiger partial charge is 0.104 e. The van der Waals surface area contributed by atoms with Crippen LogP contribution < -0.4 is 5.32 Å². The van der Waals surface area contributed by atoms with E-state index in [9.17, 15) is 5.11 Å². The maximum absolute atomic E-state index is 10.2. The summed E-state index contributed by atoms with van der Waals surface area (Å²) in [6.45, 7) is 0.849. The highest BCUT2D eigenvalue weighted by Crippen LogP contribution is 2.21. The van der Waals surface area contributed by atoms with E-state index < -0.39 is 6.10 Å². The van der Waals surface area contributed by atoms with Gasteiger partial charge in [-0.1, -0.05) is 54.6 Å². The van der Waals surface area contributed by atoms with Crippen LogP contribution in [0.25, 0.3) is 0 Å². The highest BCUT2D eigenvalue weighted by atomic mass is 16.3. The number of aliphatic hydroxyl groups is 1. The van der Waals surface area contributed by atoms with Crippen molar-refractivity contribution in [2.45, 2.75) is 12.6 Å². The monoisotopic (exact) mass is 227 g/mol. The molecule has 2 rings (SSSR count). The Kier molecular flexibility index (Phi) is 3.91. The lowest BCUT2D eigenvalue weighted by molar-refractivity contribution is 0.220. The summed E-state index contributed by atoms with van der Waals surface area (Å²) in [6.07, 6.45) is -0.542. The minimum Gasteiger partial charge on any atom is -0.384 e. The fourth-order valence-electron chi connectivity index (χ4n) is 1.85. The summed E-state index contributed by atoms with van der Waals surface area (Å²) in [5, 5.41) is 13.3. The van der Waals surface area contributed by atoms with Crippen molar-refractivity contribution in [3.05, 3.63) is 71.3 Å². The average molecular weight is 227 g/mol. The molecule has 0 aliphatic rings. The molecule has 2 nitrogen and oxygen atoms in total. The van der Waals surface area contributed by atoms with Gasteiger partial charge in [-0.15, -0.1) is 0 Å². The molecule has 2 N–H and O–H groups in total. The molecular formula is C15H17NO. The number of aliphatic hydroxyl groups excluding tert-OH is 1. The predicted molar refractivity (Wildman–Crippen MR) is 69.7 cm³/mol. The Bertz CT molecular complexity index is 450. The van der Waals surface area contributed by atoms with Crippen molar-refractivity contribution < 1.29 is 5.11 Å². The first-order valence-corrected chi connectivity index (χ1v) is 5.77. The molecule has 2 aromatic rings. The summed E-state index contributed by atoms with van der Waals surface area (Å²) in [6, 6.07) is 17.7. The third-order valence-corrected chi connectivity index (χ3v) is 2.79. The average Bonchev–Trinajstić information content (AvgIpc) is 2.40. The van der Waals surface area contributed by atoms with E-state index in [4.69, 9.17) is 0 Å². The van der Waals surface area contributed by atoms with E-state index in [1.54, 1.807) is 0 Å². The molecule has 0 spiro atoms. The van der Waals surface area contributed by atoms with E-state index in [1.165, 1.54) is 5.56 Å². The molecule has 88 valence electrons. The number of benzene rings is 2. The molecule has 0 heterocycles. The minimum atomic E-state index is -0.542. The lowest BCUT2D eigenvalue weighted by Crippen LogP contribution is -2.05. The van der Waals surface area contributed by atoms with E-state index >= 15 is 0 Å². The number of nitrogens with one attached hydrogen (secondary N) is 1. The molecule has 0 amide bonds. The minimum absolute atomic E-state index is 0.542. The Morgan fingerprint density at radius 1 is 0.941 bits per heavy atom. The van der Waals surface area contributed by atoms with Gasteiger partial charge < -0.3 is 10.4 Å². The van der Waals surface area contributed by atoms with E-state index in [2.05, 4.69) is 5.32 Å². The molecule has 0 aromatic heterocycles. The van der Waals surface area contributed by atoms with Crippen molar-refractivity contribution in [2.75, 3.05) is 7.05 Å². The second-order valence-corrected chi connectivity index (χ2v) is 4.09. The van der Waals surface area contributed by atoms with Gasteiger partial charge in [0, 0.05) is 6.54 Å². The fraction of sp³-hybridized carbons (Fsp3) is 0.200. The van der Waals surface area contributed by atoms with Crippen LogP contribution in [0.5, 0.6) is 0 Å². The molecule has 0 saturated carbocycles. The first-order chi connectivity index (χ1) is 8.31. The van der Waals surface area contributed by atoms with Crippen LogP contribution in [0.3, 0.4) is 0 Å². The zero-order valence-electron chi connectivity index (χ0n) is 9.93. The summed E-state index contributed by atoms with van der Waals surface area (Å²) in [7, 11) is 1.92. The van der Waals surface area contributed by atoms with Gasteiger partial charge in [-0.3, -0.25) is 0 Å². The normalized spacial score (nSPS) is 12.4. The molecule has 1 atom stereocenters. The molecule has 2 heteroatoms. The summed E-state index contributed by atoms with van der Waals surface area (Å²) in [4.78, 5) is 0. The largest absolute Gasteiger partial charge is 0.384 e. The van der Waals surface area contributed by atoms with Gasteiger partial charge in [-0.05, 0) is 23.7 Å². The summed E-state index contributed by atoms with van der Waals surface area (Å²) >= 11 is 0. The predicted octanol–water partition coefficient (Wildman–Crippen LogP) is 2.49. The first kappa shape index (κ1) is 11.8. The lowest BCUT2D eigenvalue weighted by Gasteiger charge is -2.12. The Morgan fingerprint density at radius 3 is 2.12 bits per heavy atom. The molecule has 0 aliphatic carbocycles. The van der Waals surface area contributed by atoms with Crippen LogP contribution in [0.2, 0.25) is 0 Å². The molecule has 2 aromatic carbocycles. The van der Waals surface area contributed by atoms with Crippen molar-refractivity contribution >= 4 is 0 Å². The number of hydrogen-bond donors (Lipinski definition) is 2. The van der Waals surface area contributed by atoms with E-state index in [-0.39, 0.29) is 0 Å². The van der Waals surface area contributed by atoms with Gasteiger partial charge in [0.15, 0.2) is 0 Å². The quantitative estimate of drug-likeness (QED) is 0.841. The SMILES string of the molecule is CNCc1ccc(C(O)c2ccccc2)cc1. The van der Waals surface area contributed by atoms with Gasteiger partial charge in [-0.25, -0.2) is 0 Å². The van der Waals surface area contributed by atoms with Gasteiger partial charge in [0.1, 0.15) is 6.10 Å². The second kappa shape index (κ2) is 5.62. The fourth-order valence-corrected chi connectivity index (χ4v) is 1.85. The Labute approximate surface area is 102 Å². The highest BCUT2D eigenvalue weighted by Gasteiger charge is 2.09. The van der Waals surface area contributed by atoms with Crippen molar-refractivity contribution in [3.63, 3.8) is 0 Å². The van der Waals surface area contributed by atoms with E-state index in [1.807, 2.05) is 61.6 Å². The Hall–Kier alpha value is -1.64. The van der Waals surface area contributed by atoms with Gasteiger partial charge in [0.05, 0.1) is 0 Å². The number of rotatable bonds is 4. The zero-order chi connectivity index (χ0) is 12.1. The highest BCUT2D eigenvalue weighted by molar-refractivity contribution is 5.31. The van der Waals surface area contributed by atoms with Gasteiger partial charge >= 0.3 is 0 Å². The number of hydrogen-bond acceptors (Lipinski definition) is 2. The van der Waals surface area contributed by atoms with Crippen LogP contribution in [0, 0.1) is 0 Å². The van der Waals surface area contributed by atoms with Crippen molar-refractivity contribution in [3.8, 4) is 0 Å². The third kappa shape index (κ3) is 2.93. The lowest BCUT2D eigenvalue weighted by atomic mass is 10.0. The maximum atomic E-state index is 10.2. The van der Waals surface area contributed by atoms with Crippen LogP contribution in [0.1, 0.15) is 22.8 Å². The zero-order valence-corrected chi connectivity index (χ0v) is 9.93. The Balaban J connectivity index is 2.17. The molecular weight excluding hydrogens is 210 g/mol. The summed E-state index contributed by atoms with van der Waals surface area (Å²) in [5.74, 6) is 0. The third-order valence-electron chi connectivity index (χ3n) is 2.79. The van der Waals surface area contributed by atoms with Crippen molar-refractivity contribution in [1.29, 1.82) is 0 Å². The first-order valence-electron chi connectivity index (χ1n) is 5.77. The molecule has 0 fully saturated rings.